The number of hydrogen-bond acceptors (Lipinski definition) is 5. The van der Waals surface area contributed by atoms with Crippen LogP contribution >= 0.6 is 0 Å². The van der Waals surface area contributed by atoms with Gasteiger partial charge in [-0.25, -0.2) is 4.79 Å². The average molecular weight is 444 g/mol. The minimum absolute atomic E-state index is 0.0662. The normalized spacial score (nSPS) is 10.8. The lowest BCUT2D eigenvalue weighted by atomic mass is 10.1. The van der Waals surface area contributed by atoms with Crippen LogP contribution in [0, 0.1) is 0 Å². The van der Waals surface area contributed by atoms with Crippen LogP contribution < -0.4 is 15.4 Å². The molecule has 0 saturated carbocycles. The Labute approximate surface area is 192 Å². The van der Waals surface area contributed by atoms with E-state index in [-0.39, 0.29) is 12.3 Å². The Morgan fingerprint density at radius 2 is 1.48 bits per heavy atom. The van der Waals surface area contributed by atoms with Crippen LogP contribution in [0.15, 0.2) is 84.6 Å². The van der Waals surface area contributed by atoms with E-state index in [0.29, 0.717) is 22.6 Å². The Morgan fingerprint density at radius 3 is 2.09 bits per heavy atom. The molecule has 3 aromatic carbocycles. The molecule has 2 N–H and O–H groups in total. The fourth-order valence-electron chi connectivity index (χ4n) is 2.91. The number of benzene rings is 3. The number of anilines is 1. The van der Waals surface area contributed by atoms with E-state index in [4.69, 9.17) is 9.47 Å². The quantitative estimate of drug-likeness (QED) is 0.400. The van der Waals surface area contributed by atoms with Crippen molar-refractivity contribution in [2.75, 3.05) is 19.0 Å². The van der Waals surface area contributed by atoms with Crippen LogP contribution in [0.25, 0.3) is 6.08 Å². The van der Waals surface area contributed by atoms with Gasteiger partial charge in [-0.3, -0.25) is 9.59 Å². The third-order valence-electron chi connectivity index (χ3n) is 4.61. The van der Waals surface area contributed by atoms with Crippen molar-refractivity contribution in [1.82, 2.24) is 5.32 Å². The number of carbonyl (C=O) groups is 3. The van der Waals surface area contributed by atoms with Gasteiger partial charge >= 0.3 is 5.97 Å². The van der Waals surface area contributed by atoms with E-state index in [1.165, 1.54) is 0 Å². The third-order valence-corrected chi connectivity index (χ3v) is 4.61. The maximum absolute atomic E-state index is 13.0. The van der Waals surface area contributed by atoms with Gasteiger partial charge in [0.25, 0.3) is 11.8 Å². The summed E-state index contributed by atoms with van der Waals surface area (Å²) in [5.41, 5.74) is 2.03. The molecule has 0 unspecified atom stereocenters. The molecule has 7 nitrogen and oxygen atoms in total. The monoisotopic (exact) mass is 444 g/mol. The standard InChI is InChI=1S/C26H24N2O5/c1-3-33-26(31)20-9-13-21(14-10-20)27-25(30)23(17-18-7-5-4-6-8-18)28-24(29)19-11-15-22(32-2)16-12-19/h4-17H,3H2,1-2H3,(H,27,30)(H,28,29)/b23-17+. The highest BCUT2D eigenvalue weighted by molar-refractivity contribution is 6.10. The van der Waals surface area contributed by atoms with Crippen molar-refractivity contribution in [1.29, 1.82) is 0 Å². The van der Waals surface area contributed by atoms with Crippen molar-refractivity contribution in [3.8, 4) is 5.75 Å². The van der Waals surface area contributed by atoms with Gasteiger partial charge in [-0.1, -0.05) is 30.3 Å². The molecule has 0 saturated heterocycles. The molecule has 0 heterocycles. The predicted molar refractivity (Wildman–Crippen MR) is 126 cm³/mol. The fraction of sp³-hybridized carbons (Fsp3) is 0.115. The molecule has 0 aliphatic rings. The largest absolute Gasteiger partial charge is 0.497 e. The predicted octanol–water partition coefficient (Wildman–Crippen LogP) is 4.28. The summed E-state index contributed by atoms with van der Waals surface area (Å²) in [6.07, 6.45) is 1.59. The van der Waals surface area contributed by atoms with Crippen molar-refractivity contribution in [3.63, 3.8) is 0 Å². The van der Waals surface area contributed by atoms with Gasteiger partial charge in [0.2, 0.25) is 0 Å². The molecule has 33 heavy (non-hydrogen) atoms. The Bertz CT molecular complexity index is 1140. The zero-order valence-corrected chi connectivity index (χ0v) is 18.3. The zero-order valence-electron chi connectivity index (χ0n) is 18.3. The van der Waals surface area contributed by atoms with Crippen LogP contribution in [0.4, 0.5) is 5.69 Å². The Morgan fingerprint density at radius 1 is 0.848 bits per heavy atom. The third kappa shape index (κ3) is 6.54. The first-order valence-corrected chi connectivity index (χ1v) is 10.3. The number of ether oxygens (including phenoxy) is 2. The van der Waals surface area contributed by atoms with Crippen LogP contribution in [-0.2, 0) is 9.53 Å². The van der Waals surface area contributed by atoms with Gasteiger partial charge in [0, 0.05) is 11.3 Å². The lowest BCUT2D eigenvalue weighted by molar-refractivity contribution is -0.113. The molecule has 0 aliphatic heterocycles. The minimum Gasteiger partial charge on any atom is -0.497 e. The molecule has 0 atom stereocenters. The van der Waals surface area contributed by atoms with Crippen molar-refractivity contribution < 1.29 is 23.9 Å². The second-order valence-corrected chi connectivity index (χ2v) is 6.90. The topological polar surface area (TPSA) is 93.7 Å². The summed E-state index contributed by atoms with van der Waals surface area (Å²) in [6, 6.07) is 22.0. The molecule has 2 amide bonds. The number of rotatable bonds is 8. The molecule has 0 aliphatic carbocycles. The lowest BCUT2D eigenvalue weighted by Crippen LogP contribution is -2.30. The number of carbonyl (C=O) groups excluding carboxylic acids is 3. The average Bonchev–Trinajstić information content (AvgIpc) is 2.85. The van der Waals surface area contributed by atoms with Gasteiger partial charge < -0.3 is 20.1 Å². The fourth-order valence-corrected chi connectivity index (χ4v) is 2.91. The number of hydrogen-bond donors (Lipinski definition) is 2. The highest BCUT2D eigenvalue weighted by atomic mass is 16.5. The van der Waals surface area contributed by atoms with Gasteiger partial charge in [-0.15, -0.1) is 0 Å². The SMILES string of the molecule is CCOC(=O)c1ccc(NC(=O)/C(=C\c2ccccc2)NC(=O)c2ccc(OC)cc2)cc1. The van der Waals surface area contributed by atoms with Gasteiger partial charge in [0.15, 0.2) is 0 Å². The van der Waals surface area contributed by atoms with E-state index >= 15 is 0 Å². The second-order valence-electron chi connectivity index (χ2n) is 6.90. The highest BCUT2D eigenvalue weighted by Crippen LogP contribution is 2.15. The highest BCUT2D eigenvalue weighted by Gasteiger charge is 2.16. The summed E-state index contributed by atoms with van der Waals surface area (Å²) < 4.78 is 10.1. The van der Waals surface area contributed by atoms with Crippen LogP contribution in [0.2, 0.25) is 0 Å². The van der Waals surface area contributed by atoms with Crippen LogP contribution in [0.1, 0.15) is 33.2 Å². The molecule has 0 aromatic heterocycles. The van der Waals surface area contributed by atoms with E-state index in [2.05, 4.69) is 10.6 Å². The molecular formula is C26H24N2O5. The molecule has 3 aromatic rings. The first kappa shape index (κ1) is 23.3. The summed E-state index contributed by atoms with van der Waals surface area (Å²) >= 11 is 0. The molecule has 168 valence electrons. The maximum atomic E-state index is 13.0. The Hall–Kier alpha value is -4.39. The van der Waals surface area contributed by atoms with Crippen LogP contribution in [0.3, 0.4) is 0 Å². The van der Waals surface area contributed by atoms with Crippen LogP contribution in [-0.4, -0.2) is 31.5 Å². The van der Waals surface area contributed by atoms with E-state index in [9.17, 15) is 14.4 Å². The zero-order chi connectivity index (χ0) is 23.6. The van der Waals surface area contributed by atoms with Crippen LogP contribution in [0.5, 0.6) is 5.75 Å². The van der Waals surface area contributed by atoms with Crippen molar-refractivity contribution in [2.45, 2.75) is 6.92 Å². The van der Waals surface area contributed by atoms with Gasteiger partial charge in [-0.2, -0.15) is 0 Å². The first-order valence-electron chi connectivity index (χ1n) is 10.3. The number of esters is 1. The van der Waals surface area contributed by atoms with Gasteiger partial charge in [-0.05, 0) is 67.1 Å². The number of methoxy groups -OCH3 is 1. The molecular weight excluding hydrogens is 420 g/mol. The summed E-state index contributed by atoms with van der Waals surface area (Å²) in [7, 11) is 1.54. The van der Waals surface area contributed by atoms with E-state index in [0.717, 1.165) is 5.56 Å². The van der Waals surface area contributed by atoms with Gasteiger partial charge in [0.1, 0.15) is 11.4 Å². The molecule has 0 fully saturated rings. The van der Waals surface area contributed by atoms with E-state index < -0.39 is 17.8 Å². The molecule has 0 bridgehead atoms. The summed E-state index contributed by atoms with van der Waals surface area (Å²) in [5, 5.41) is 5.42. The number of amides is 2. The van der Waals surface area contributed by atoms with Crippen molar-refractivity contribution in [3.05, 3.63) is 101 Å². The molecule has 0 spiro atoms. The molecule has 7 heteroatoms. The van der Waals surface area contributed by atoms with Crippen molar-refractivity contribution >= 4 is 29.5 Å². The molecule has 0 radical (unpaired) electrons. The first-order chi connectivity index (χ1) is 16.0. The second kappa shape index (κ2) is 11.3. The summed E-state index contributed by atoms with van der Waals surface area (Å²) in [4.78, 5) is 37.6. The van der Waals surface area contributed by atoms with Crippen molar-refractivity contribution in [2.24, 2.45) is 0 Å². The maximum Gasteiger partial charge on any atom is 0.338 e. The Balaban J connectivity index is 1.80. The van der Waals surface area contributed by atoms with Gasteiger partial charge in [0.05, 0.1) is 19.3 Å². The smallest absolute Gasteiger partial charge is 0.338 e. The summed E-state index contributed by atoms with van der Waals surface area (Å²) in [6.45, 7) is 2.01. The van der Waals surface area contributed by atoms with E-state index in [1.807, 2.05) is 30.3 Å². The summed E-state index contributed by atoms with van der Waals surface area (Å²) in [5.74, 6) is -0.764. The minimum atomic E-state index is -0.510. The van der Waals surface area contributed by atoms with E-state index in [1.54, 1.807) is 68.6 Å². The number of nitrogens with one attached hydrogen (secondary N) is 2. The lowest BCUT2D eigenvalue weighted by Gasteiger charge is -2.12. The molecule has 3 rings (SSSR count). The Kier molecular flexibility index (Phi) is 7.96.